The Labute approximate surface area is 105 Å². The molecule has 2 unspecified atom stereocenters. The lowest BCUT2D eigenvalue weighted by Gasteiger charge is -2.28. The molecule has 0 spiro atoms. The molecular formula is C12H25ClN2O. The molecule has 1 amide bonds. The van der Waals surface area contributed by atoms with Crippen LogP contribution in [0.2, 0.25) is 0 Å². The van der Waals surface area contributed by atoms with Crippen LogP contribution in [0, 0.1) is 11.8 Å². The minimum absolute atomic E-state index is 0. The molecule has 2 atom stereocenters. The van der Waals surface area contributed by atoms with Gasteiger partial charge in [0.25, 0.3) is 0 Å². The van der Waals surface area contributed by atoms with Crippen LogP contribution < -0.4 is 5.32 Å². The number of carbonyl (C=O) groups excluding carboxylic acids is 1. The Bertz CT molecular complexity index is 221. The SMILES string of the molecule is CNCC1CCCN1C(=O)C(C)C(C)C.Cl. The largest absolute Gasteiger partial charge is 0.338 e. The van der Waals surface area contributed by atoms with Crippen LogP contribution in [0.1, 0.15) is 33.6 Å². The van der Waals surface area contributed by atoms with E-state index in [1.807, 2.05) is 14.0 Å². The Morgan fingerprint density at radius 1 is 1.44 bits per heavy atom. The highest BCUT2D eigenvalue weighted by Gasteiger charge is 2.31. The van der Waals surface area contributed by atoms with E-state index in [1.165, 1.54) is 0 Å². The second kappa shape index (κ2) is 7.13. The highest BCUT2D eigenvalue weighted by Crippen LogP contribution is 2.22. The molecular weight excluding hydrogens is 224 g/mol. The average molecular weight is 249 g/mol. The maximum absolute atomic E-state index is 12.2. The first-order chi connectivity index (χ1) is 7.07. The molecule has 0 aromatic rings. The molecule has 3 nitrogen and oxygen atoms in total. The number of nitrogens with one attached hydrogen (secondary N) is 1. The molecule has 4 heteroatoms. The summed E-state index contributed by atoms with van der Waals surface area (Å²) >= 11 is 0. The molecule has 96 valence electrons. The summed E-state index contributed by atoms with van der Waals surface area (Å²) in [5, 5.41) is 3.17. The van der Waals surface area contributed by atoms with Crippen molar-refractivity contribution >= 4 is 18.3 Å². The summed E-state index contributed by atoms with van der Waals surface area (Å²) in [7, 11) is 1.95. The summed E-state index contributed by atoms with van der Waals surface area (Å²) in [6, 6.07) is 0.420. The predicted octanol–water partition coefficient (Wildman–Crippen LogP) is 1.91. The number of halogens is 1. The summed E-state index contributed by atoms with van der Waals surface area (Å²) < 4.78 is 0. The first kappa shape index (κ1) is 15.7. The van der Waals surface area contributed by atoms with Crippen LogP contribution in [-0.2, 0) is 4.79 Å². The third-order valence-electron chi connectivity index (χ3n) is 3.49. The molecule has 0 bridgehead atoms. The van der Waals surface area contributed by atoms with Gasteiger partial charge in [-0.1, -0.05) is 20.8 Å². The van der Waals surface area contributed by atoms with Crippen molar-refractivity contribution in [3.05, 3.63) is 0 Å². The Morgan fingerprint density at radius 2 is 2.06 bits per heavy atom. The van der Waals surface area contributed by atoms with E-state index in [1.54, 1.807) is 0 Å². The molecule has 0 aromatic heterocycles. The number of amides is 1. The lowest BCUT2D eigenvalue weighted by Crippen LogP contribution is -2.44. The van der Waals surface area contributed by atoms with E-state index in [0.717, 1.165) is 25.9 Å². The van der Waals surface area contributed by atoms with Gasteiger partial charge in [0.2, 0.25) is 5.91 Å². The van der Waals surface area contributed by atoms with Crippen molar-refractivity contribution in [2.24, 2.45) is 11.8 Å². The van der Waals surface area contributed by atoms with Gasteiger partial charge in [0.1, 0.15) is 0 Å². The zero-order valence-corrected chi connectivity index (χ0v) is 11.6. The number of hydrogen-bond donors (Lipinski definition) is 1. The van der Waals surface area contributed by atoms with Crippen LogP contribution in [0.15, 0.2) is 0 Å². The van der Waals surface area contributed by atoms with E-state index in [2.05, 4.69) is 24.1 Å². The zero-order valence-electron chi connectivity index (χ0n) is 10.8. The van der Waals surface area contributed by atoms with Gasteiger partial charge >= 0.3 is 0 Å². The molecule has 16 heavy (non-hydrogen) atoms. The fourth-order valence-corrected chi connectivity index (χ4v) is 2.12. The fourth-order valence-electron chi connectivity index (χ4n) is 2.12. The third-order valence-corrected chi connectivity index (χ3v) is 3.49. The van der Waals surface area contributed by atoms with Gasteiger partial charge in [-0.05, 0) is 25.8 Å². The number of hydrogen-bond acceptors (Lipinski definition) is 2. The van der Waals surface area contributed by atoms with Crippen LogP contribution >= 0.6 is 12.4 Å². The lowest BCUT2D eigenvalue weighted by atomic mass is 9.96. The maximum atomic E-state index is 12.2. The molecule has 1 fully saturated rings. The van der Waals surface area contributed by atoms with Gasteiger partial charge < -0.3 is 10.2 Å². The van der Waals surface area contributed by atoms with Crippen molar-refractivity contribution in [1.29, 1.82) is 0 Å². The summed E-state index contributed by atoms with van der Waals surface area (Å²) in [5.74, 6) is 0.929. The van der Waals surface area contributed by atoms with Crippen molar-refractivity contribution in [3.63, 3.8) is 0 Å². The number of likely N-dealkylation sites (N-methyl/N-ethyl adjacent to an activating group) is 1. The minimum atomic E-state index is 0. The predicted molar refractivity (Wildman–Crippen MR) is 69.9 cm³/mol. The van der Waals surface area contributed by atoms with E-state index in [4.69, 9.17) is 0 Å². The van der Waals surface area contributed by atoms with E-state index in [9.17, 15) is 4.79 Å². The first-order valence-corrected chi connectivity index (χ1v) is 6.03. The second-order valence-corrected chi connectivity index (χ2v) is 4.92. The Balaban J connectivity index is 0.00000225. The molecule has 1 aliphatic rings. The normalized spacial score (nSPS) is 22.1. The lowest BCUT2D eigenvalue weighted by molar-refractivity contribution is -0.137. The highest BCUT2D eigenvalue weighted by molar-refractivity contribution is 5.85. The Morgan fingerprint density at radius 3 is 2.56 bits per heavy atom. The first-order valence-electron chi connectivity index (χ1n) is 6.03. The van der Waals surface area contributed by atoms with E-state index in [0.29, 0.717) is 17.9 Å². The summed E-state index contributed by atoms with van der Waals surface area (Å²) in [6.45, 7) is 8.15. The molecule has 0 radical (unpaired) electrons. The van der Waals surface area contributed by atoms with E-state index in [-0.39, 0.29) is 18.3 Å². The number of likely N-dealkylation sites (tertiary alicyclic amines) is 1. The molecule has 0 saturated carbocycles. The smallest absolute Gasteiger partial charge is 0.225 e. The summed E-state index contributed by atoms with van der Waals surface area (Å²) in [5.41, 5.74) is 0. The molecule has 1 N–H and O–H groups in total. The minimum Gasteiger partial charge on any atom is -0.338 e. The molecule has 1 heterocycles. The monoisotopic (exact) mass is 248 g/mol. The maximum Gasteiger partial charge on any atom is 0.225 e. The van der Waals surface area contributed by atoms with Gasteiger partial charge in [0.05, 0.1) is 0 Å². The van der Waals surface area contributed by atoms with E-state index < -0.39 is 0 Å². The summed E-state index contributed by atoms with van der Waals surface area (Å²) in [4.78, 5) is 14.2. The standard InChI is InChI=1S/C12H24N2O.ClH/c1-9(2)10(3)12(15)14-7-5-6-11(14)8-13-4;/h9-11,13H,5-8H2,1-4H3;1H. The van der Waals surface area contributed by atoms with Crippen LogP contribution in [0.4, 0.5) is 0 Å². The topological polar surface area (TPSA) is 32.3 Å². The van der Waals surface area contributed by atoms with Crippen molar-refractivity contribution in [1.82, 2.24) is 10.2 Å². The molecule has 1 aliphatic heterocycles. The average Bonchev–Trinajstić information content (AvgIpc) is 2.64. The molecule has 0 aliphatic carbocycles. The number of rotatable bonds is 4. The van der Waals surface area contributed by atoms with E-state index >= 15 is 0 Å². The van der Waals surface area contributed by atoms with Gasteiger partial charge in [0.15, 0.2) is 0 Å². The molecule has 1 rings (SSSR count). The van der Waals surface area contributed by atoms with Crippen molar-refractivity contribution in [3.8, 4) is 0 Å². The van der Waals surface area contributed by atoms with Gasteiger partial charge in [-0.25, -0.2) is 0 Å². The Hall–Kier alpha value is -0.280. The highest BCUT2D eigenvalue weighted by atomic mass is 35.5. The van der Waals surface area contributed by atoms with Crippen LogP contribution in [0.25, 0.3) is 0 Å². The third kappa shape index (κ3) is 3.63. The molecule has 1 saturated heterocycles. The van der Waals surface area contributed by atoms with Gasteiger partial charge in [-0.2, -0.15) is 0 Å². The van der Waals surface area contributed by atoms with Gasteiger partial charge in [-0.3, -0.25) is 4.79 Å². The van der Waals surface area contributed by atoms with Gasteiger partial charge in [-0.15, -0.1) is 12.4 Å². The zero-order chi connectivity index (χ0) is 11.4. The fraction of sp³-hybridized carbons (Fsp3) is 0.917. The Kier molecular flexibility index (Phi) is 7.00. The van der Waals surface area contributed by atoms with Crippen molar-refractivity contribution in [2.75, 3.05) is 20.1 Å². The van der Waals surface area contributed by atoms with Crippen LogP contribution in [0.5, 0.6) is 0 Å². The number of nitrogens with zero attached hydrogens (tertiary/aromatic N) is 1. The molecule has 0 aromatic carbocycles. The van der Waals surface area contributed by atoms with Crippen LogP contribution in [0.3, 0.4) is 0 Å². The number of carbonyl (C=O) groups is 1. The van der Waals surface area contributed by atoms with Crippen molar-refractivity contribution in [2.45, 2.75) is 39.7 Å². The van der Waals surface area contributed by atoms with Gasteiger partial charge in [0, 0.05) is 25.0 Å². The second-order valence-electron chi connectivity index (χ2n) is 4.92. The summed E-state index contributed by atoms with van der Waals surface area (Å²) in [6.07, 6.45) is 2.31. The van der Waals surface area contributed by atoms with Crippen molar-refractivity contribution < 1.29 is 4.79 Å². The quantitative estimate of drug-likeness (QED) is 0.825. The van der Waals surface area contributed by atoms with Crippen LogP contribution in [-0.4, -0.2) is 37.0 Å².